The van der Waals surface area contributed by atoms with Crippen molar-refractivity contribution in [2.75, 3.05) is 20.3 Å². The predicted octanol–water partition coefficient (Wildman–Crippen LogP) is 3.92. The molecule has 0 aromatic heterocycles. The summed E-state index contributed by atoms with van der Waals surface area (Å²) < 4.78 is 8.54. The number of rotatable bonds is 12. The number of hydrogen-bond donors (Lipinski definition) is 4. The summed E-state index contributed by atoms with van der Waals surface area (Å²) >= 11 is 1.49. The summed E-state index contributed by atoms with van der Waals surface area (Å²) in [6.45, 7) is 0.532. The van der Waals surface area contributed by atoms with Crippen molar-refractivity contribution >= 4 is 17.9 Å². The molecule has 0 fully saturated rings. The van der Waals surface area contributed by atoms with E-state index in [2.05, 4.69) is 10.0 Å². The highest BCUT2D eigenvalue weighted by molar-refractivity contribution is 7.97. The summed E-state index contributed by atoms with van der Waals surface area (Å²) in [5.41, 5.74) is 3.12. The van der Waals surface area contributed by atoms with Crippen LogP contribution in [-0.2, 0) is 17.6 Å². The molecule has 3 aromatic rings. The molecule has 0 radical (unpaired) electrons. The van der Waals surface area contributed by atoms with Crippen LogP contribution in [0.5, 0.6) is 5.75 Å². The van der Waals surface area contributed by atoms with Gasteiger partial charge in [0.15, 0.2) is 0 Å². The molecule has 4 unspecified atom stereocenters. The van der Waals surface area contributed by atoms with Gasteiger partial charge in [-0.25, -0.2) is 0 Å². The zero-order valence-electron chi connectivity index (χ0n) is 20.5. The third kappa shape index (κ3) is 6.89. The van der Waals surface area contributed by atoms with Gasteiger partial charge in [0, 0.05) is 30.4 Å². The van der Waals surface area contributed by atoms with Crippen LogP contribution >= 0.6 is 11.9 Å². The number of nitrogens with one attached hydrogen (secondary N) is 2. The molecule has 0 heterocycles. The molecule has 0 aliphatic heterocycles. The van der Waals surface area contributed by atoms with E-state index in [0.717, 1.165) is 27.3 Å². The number of methoxy groups -OCH3 is 1. The fourth-order valence-electron chi connectivity index (χ4n) is 4.71. The Kier molecular flexibility index (Phi) is 9.41. The summed E-state index contributed by atoms with van der Waals surface area (Å²) in [6.07, 6.45) is 0.993. The second-order valence-electron chi connectivity index (χ2n) is 9.25. The van der Waals surface area contributed by atoms with Crippen LogP contribution in [0.4, 0.5) is 0 Å². The lowest BCUT2D eigenvalue weighted by Crippen LogP contribution is -2.40. The van der Waals surface area contributed by atoms with Crippen LogP contribution < -0.4 is 14.8 Å². The number of fused-ring (bicyclic) bond motifs is 1. The Balaban J connectivity index is 1.41. The number of carbonyl (C=O) groups is 1. The maximum absolute atomic E-state index is 13.5. The van der Waals surface area contributed by atoms with Crippen molar-refractivity contribution in [1.82, 2.24) is 10.0 Å². The van der Waals surface area contributed by atoms with Crippen molar-refractivity contribution in [2.45, 2.75) is 36.3 Å². The second kappa shape index (κ2) is 12.9. The fraction of sp³-hybridized carbons (Fsp3) is 0.345. The number of amides is 1. The highest BCUT2D eigenvalue weighted by atomic mass is 32.2. The molecule has 190 valence electrons. The average molecular weight is 507 g/mol. The van der Waals surface area contributed by atoms with Gasteiger partial charge >= 0.3 is 0 Å². The van der Waals surface area contributed by atoms with E-state index >= 15 is 0 Å². The van der Waals surface area contributed by atoms with Gasteiger partial charge in [-0.15, -0.1) is 0 Å². The largest absolute Gasteiger partial charge is 0.497 e. The van der Waals surface area contributed by atoms with Crippen LogP contribution in [0.3, 0.4) is 0 Å². The molecule has 1 aliphatic carbocycles. The molecule has 0 saturated carbocycles. The number of aliphatic hydroxyl groups is 2. The minimum absolute atomic E-state index is 0.0242. The van der Waals surface area contributed by atoms with Crippen molar-refractivity contribution in [1.29, 1.82) is 0 Å². The van der Waals surface area contributed by atoms with E-state index in [1.807, 2.05) is 78.9 Å². The number of aliphatic hydroxyl groups excluding tert-OH is 2. The van der Waals surface area contributed by atoms with Crippen molar-refractivity contribution in [3.05, 3.63) is 95.6 Å². The zero-order valence-corrected chi connectivity index (χ0v) is 21.3. The lowest BCUT2D eigenvalue weighted by molar-refractivity contribution is -0.127. The van der Waals surface area contributed by atoms with E-state index in [0.29, 0.717) is 25.8 Å². The van der Waals surface area contributed by atoms with Gasteiger partial charge in [-0.3, -0.25) is 9.52 Å². The minimum Gasteiger partial charge on any atom is -0.497 e. The topological polar surface area (TPSA) is 90.8 Å². The van der Waals surface area contributed by atoms with E-state index in [9.17, 15) is 15.0 Å². The molecule has 36 heavy (non-hydrogen) atoms. The number of ether oxygens (including phenoxy) is 1. The van der Waals surface area contributed by atoms with Crippen LogP contribution in [0, 0.1) is 11.8 Å². The molecule has 4 rings (SSSR count). The first-order valence-corrected chi connectivity index (χ1v) is 13.1. The molecule has 1 aliphatic rings. The molecular formula is C29H34N2O4S. The monoisotopic (exact) mass is 506 g/mol. The standard InChI is InChI=1S/C29H34N2O4S/c1-35-24-11-13-25(14-12-24)36-30-18-21(19-32)16-23(15-20-7-3-2-4-8-20)29(34)31-28-26-10-6-5-9-22(26)17-27(28)33/h2-14,21,23,27-28,30,32-33H,15-19H2,1H3,(H,31,34). The lowest BCUT2D eigenvalue weighted by atomic mass is 9.88. The fourth-order valence-corrected chi connectivity index (χ4v) is 5.47. The summed E-state index contributed by atoms with van der Waals surface area (Å²) in [4.78, 5) is 14.6. The predicted molar refractivity (Wildman–Crippen MR) is 143 cm³/mol. The van der Waals surface area contributed by atoms with E-state index < -0.39 is 12.1 Å². The second-order valence-corrected chi connectivity index (χ2v) is 10.2. The Morgan fingerprint density at radius 1 is 1.06 bits per heavy atom. The van der Waals surface area contributed by atoms with Crippen LogP contribution in [0.2, 0.25) is 0 Å². The van der Waals surface area contributed by atoms with E-state index in [1.54, 1.807) is 7.11 Å². The van der Waals surface area contributed by atoms with Crippen molar-refractivity contribution in [3.8, 4) is 5.75 Å². The van der Waals surface area contributed by atoms with Crippen LogP contribution in [0.15, 0.2) is 83.8 Å². The van der Waals surface area contributed by atoms with E-state index in [1.165, 1.54) is 11.9 Å². The number of hydrogen-bond acceptors (Lipinski definition) is 6. The number of benzene rings is 3. The summed E-state index contributed by atoms with van der Waals surface area (Å²) in [6, 6.07) is 25.1. The maximum atomic E-state index is 13.5. The van der Waals surface area contributed by atoms with E-state index in [-0.39, 0.29) is 24.3 Å². The Labute approximate surface area is 217 Å². The van der Waals surface area contributed by atoms with Crippen molar-refractivity contribution < 1.29 is 19.7 Å². The van der Waals surface area contributed by atoms with Crippen LogP contribution in [-0.4, -0.2) is 42.5 Å². The van der Waals surface area contributed by atoms with Gasteiger partial charge in [-0.05, 0) is 71.7 Å². The molecule has 6 nitrogen and oxygen atoms in total. The smallest absolute Gasteiger partial charge is 0.224 e. The highest BCUT2D eigenvalue weighted by Crippen LogP contribution is 2.32. The molecule has 1 amide bonds. The Morgan fingerprint density at radius 3 is 2.50 bits per heavy atom. The van der Waals surface area contributed by atoms with Gasteiger partial charge < -0.3 is 20.3 Å². The summed E-state index contributed by atoms with van der Waals surface area (Å²) in [7, 11) is 1.64. The number of carbonyl (C=O) groups excluding carboxylic acids is 1. The van der Waals surface area contributed by atoms with Crippen LogP contribution in [0.1, 0.15) is 29.2 Å². The molecule has 0 spiro atoms. The van der Waals surface area contributed by atoms with Gasteiger partial charge in [-0.1, -0.05) is 54.6 Å². The first-order valence-electron chi connectivity index (χ1n) is 12.3. The molecule has 3 aromatic carbocycles. The van der Waals surface area contributed by atoms with Crippen LogP contribution in [0.25, 0.3) is 0 Å². The maximum Gasteiger partial charge on any atom is 0.224 e. The van der Waals surface area contributed by atoms with Gasteiger partial charge in [-0.2, -0.15) is 0 Å². The Morgan fingerprint density at radius 2 is 1.78 bits per heavy atom. The van der Waals surface area contributed by atoms with Gasteiger partial charge in [0.1, 0.15) is 5.75 Å². The third-order valence-corrected chi connectivity index (χ3v) is 7.51. The highest BCUT2D eigenvalue weighted by Gasteiger charge is 2.34. The third-order valence-electron chi connectivity index (χ3n) is 6.69. The molecular weight excluding hydrogens is 472 g/mol. The molecule has 4 N–H and O–H groups in total. The Bertz CT molecular complexity index is 1110. The quantitative estimate of drug-likeness (QED) is 0.279. The minimum atomic E-state index is -0.639. The van der Waals surface area contributed by atoms with Gasteiger partial charge in [0.25, 0.3) is 0 Å². The first kappa shape index (κ1) is 26.2. The molecule has 0 saturated heterocycles. The molecule has 7 heteroatoms. The van der Waals surface area contributed by atoms with Gasteiger partial charge in [0.05, 0.1) is 19.3 Å². The van der Waals surface area contributed by atoms with Crippen molar-refractivity contribution in [2.24, 2.45) is 11.8 Å². The average Bonchev–Trinajstić information content (AvgIpc) is 3.23. The molecule has 0 bridgehead atoms. The van der Waals surface area contributed by atoms with E-state index in [4.69, 9.17) is 4.74 Å². The summed E-state index contributed by atoms with van der Waals surface area (Å²) in [5, 5.41) is 23.9. The SMILES string of the molecule is COc1ccc(SNCC(CO)CC(Cc2ccccc2)C(=O)NC2c3ccccc3CC2O)cc1. The Hall–Kier alpha value is -2.84. The first-order chi connectivity index (χ1) is 17.6. The van der Waals surface area contributed by atoms with Gasteiger partial charge in [0.2, 0.25) is 5.91 Å². The molecule has 4 atom stereocenters. The summed E-state index contributed by atoms with van der Waals surface area (Å²) in [5.74, 6) is 0.270. The zero-order chi connectivity index (χ0) is 25.3. The van der Waals surface area contributed by atoms with Crippen molar-refractivity contribution in [3.63, 3.8) is 0 Å². The lowest BCUT2D eigenvalue weighted by Gasteiger charge is -2.25. The normalized spacial score (nSPS) is 18.3.